The first-order chi connectivity index (χ1) is 13.6. The highest BCUT2D eigenvalue weighted by atomic mass is 32.2. The van der Waals surface area contributed by atoms with Crippen LogP contribution in [0, 0.1) is 0 Å². The van der Waals surface area contributed by atoms with Crippen molar-refractivity contribution in [1.29, 1.82) is 0 Å². The van der Waals surface area contributed by atoms with Gasteiger partial charge in [0.25, 0.3) is 11.1 Å². The number of carbonyl (C=O) groups excluding carboxylic acids is 2. The molecule has 0 bridgehead atoms. The number of fused-ring (bicyclic) bond motifs is 1. The Morgan fingerprint density at radius 2 is 2.00 bits per heavy atom. The van der Waals surface area contributed by atoms with Gasteiger partial charge in [0.2, 0.25) is 0 Å². The molecule has 0 atom stereocenters. The van der Waals surface area contributed by atoms with E-state index < -0.39 is 17.5 Å². The molecule has 2 amide bonds. The van der Waals surface area contributed by atoms with Crippen molar-refractivity contribution in [3.63, 3.8) is 0 Å². The molecule has 1 N–H and O–H groups in total. The maximum absolute atomic E-state index is 12.2. The van der Waals surface area contributed by atoms with Gasteiger partial charge in [0.05, 0.1) is 22.2 Å². The second-order valence-electron chi connectivity index (χ2n) is 7.64. The number of hydrogen-bond donors (Lipinski definition) is 1. The molecule has 0 spiro atoms. The van der Waals surface area contributed by atoms with Gasteiger partial charge in [-0.05, 0) is 64.6 Å². The molecule has 152 valence electrons. The van der Waals surface area contributed by atoms with Gasteiger partial charge < -0.3 is 14.8 Å². The molecule has 2 aromatic rings. The summed E-state index contributed by atoms with van der Waals surface area (Å²) >= 11 is 0.980. The van der Waals surface area contributed by atoms with E-state index in [-0.39, 0.29) is 11.3 Å². The Labute approximate surface area is 172 Å². The number of aliphatic imine (C=N–C) groups is 1. The third-order valence-electron chi connectivity index (χ3n) is 3.47. The number of ether oxygens (including phenoxy) is 2. The monoisotopic (exact) mass is 414 g/mol. The lowest BCUT2D eigenvalue weighted by Crippen LogP contribution is -2.41. The van der Waals surface area contributed by atoms with Crippen molar-refractivity contribution in [3.05, 3.63) is 35.0 Å². The number of nitrogens with one attached hydrogen (secondary N) is 1. The van der Waals surface area contributed by atoms with E-state index >= 15 is 0 Å². The molecule has 29 heavy (non-hydrogen) atoms. The summed E-state index contributed by atoms with van der Waals surface area (Å²) in [5, 5.41) is 2.63. The van der Waals surface area contributed by atoms with E-state index in [2.05, 4.69) is 20.3 Å². The Hall–Kier alpha value is -2.94. The molecule has 8 nitrogen and oxygen atoms in total. The van der Waals surface area contributed by atoms with Crippen LogP contribution in [0.5, 0.6) is 5.75 Å². The first-order valence-electron chi connectivity index (χ1n) is 9.06. The van der Waals surface area contributed by atoms with Gasteiger partial charge in [-0.3, -0.25) is 9.78 Å². The summed E-state index contributed by atoms with van der Waals surface area (Å²) in [4.78, 5) is 37.0. The van der Waals surface area contributed by atoms with Gasteiger partial charge >= 0.3 is 6.09 Å². The quantitative estimate of drug-likeness (QED) is 0.760. The van der Waals surface area contributed by atoms with E-state index in [0.717, 1.165) is 11.8 Å². The Morgan fingerprint density at radius 1 is 1.24 bits per heavy atom. The van der Waals surface area contributed by atoms with E-state index in [1.54, 1.807) is 30.5 Å². The maximum Gasteiger partial charge on any atom is 0.414 e. The molecule has 0 aliphatic carbocycles. The summed E-state index contributed by atoms with van der Waals surface area (Å²) in [5.74, 6) is 0.134. The summed E-state index contributed by atoms with van der Waals surface area (Å²) in [6, 6.07) is 5.31. The zero-order valence-corrected chi connectivity index (χ0v) is 17.7. The number of nitrogens with zero attached hydrogens (tertiary/aromatic N) is 3. The average Bonchev–Trinajstić information content (AvgIpc) is 2.92. The molecule has 2 aromatic heterocycles. The Kier molecular flexibility index (Phi) is 5.88. The highest BCUT2D eigenvalue weighted by molar-refractivity contribution is 8.18. The van der Waals surface area contributed by atoms with Crippen LogP contribution in [0.1, 0.15) is 40.3 Å². The van der Waals surface area contributed by atoms with Crippen molar-refractivity contribution < 1.29 is 19.1 Å². The number of rotatable bonds is 3. The van der Waals surface area contributed by atoms with Crippen LogP contribution in [-0.4, -0.2) is 38.8 Å². The number of hydrogen-bond acceptors (Lipinski definition) is 7. The maximum atomic E-state index is 12.2. The SMILES string of the molecule is CC(C)Oc1ccnc2ccc(C=C3SC(OC(=O)NC(C)(C)C)=NC3=O)nc12. The zero-order chi connectivity index (χ0) is 21.2. The summed E-state index contributed by atoms with van der Waals surface area (Å²) in [7, 11) is 0. The van der Waals surface area contributed by atoms with E-state index in [1.807, 2.05) is 34.6 Å². The van der Waals surface area contributed by atoms with E-state index in [0.29, 0.717) is 27.4 Å². The molecule has 3 rings (SSSR count). The second kappa shape index (κ2) is 8.20. The minimum Gasteiger partial charge on any atom is -0.489 e. The van der Waals surface area contributed by atoms with Crippen molar-refractivity contribution in [2.75, 3.05) is 0 Å². The molecule has 0 saturated carbocycles. The molecular weight excluding hydrogens is 392 g/mol. The molecule has 3 heterocycles. The lowest BCUT2D eigenvalue weighted by atomic mass is 10.1. The average molecular weight is 414 g/mol. The standard InChI is InChI=1S/C20H22N4O4S/c1-11(2)27-14-8-9-21-13-7-6-12(22-16(13)14)10-15-17(25)23-19(29-15)28-18(26)24-20(3,4)5/h6-11H,1-5H3,(H,24,26). The van der Waals surface area contributed by atoms with E-state index in [1.165, 1.54) is 0 Å². The highest BCUT2D eigenvalue weighted by Gasteiger charge is 2.26. The van der Waals surface area contributed by atoms with Crippen molar-refractivity contribution in [1.82, 2.24) is 15.3 Å². The Balaban J connectivity index is 1.79. The van der Waals surface area contributed by atoms with Gasteiger partial charge in [0.15, 0.2) is 0 Å². The first-order valence-corrected chi connectivity index (χ1v) is 9.87. The van der Waals surface area contributed by atoms with E-state index in [9.17, 15) is 9.59 Å². The molecule has 9 heteroatoms. The number of amides is 2. The van der Waals surface area contributed by atoms with Crippen molar-refractivity contribution in [2.45, 2.75) is 46.3 Å². The predicted molar refractivity (Wildman–Crippen MR) is 113 cm³/mol. The lowest BCUT2D eigenvalue weighted by Gasteiger charge is -2.19. The fourth-order valence-electron chi connectivity index (χ4n) is 2.42. The molecule has 0 aromatic carbocycles. The van der Waals surface area contributed by atoms with Crippen molar-refractivity contribution in [3.8, 4) is 5.75 Å². The molecular formula is C20H22N4O4S. The van der Waals surface area contributed by atoms with Crippen LogP contribution in [0.15, 0.2) is 34.3 Å². The van der Waals surface area contributed by atoms with Gasteiger partial charge in [-0.1, -0.05) is 0 Å². The first kappa shape index (κ1) is 20.8. The second-order valence-corrected chi connectivity index (χ2v) is 8.63. The van der Waals surface area contributed by atoms with Gasteiger partial charge in [-0.15, -0.1) is 0 Å². The highest BCUT2D eigenvalue weighted by Crippen LogP contribution is 2.30. The number of alkyl carbamates (subject to hydrolysis) is 1. The third kappa shape index (κ3) is 5.54. The summed E-state index contributed by atoms with van der Waals surface area (Å²) < 4.78 is 10.9. The normalized spacial score (nSPS) is 15.7. The minimum absolute atomic E-state index is 0.0104. The third-order valence-corrected chi connectivity index (χ3v) is 4.33. The van der Waals surface area contributed by atoms with Crippen LogP contribution in [-0.2, 0) is 9.53 Å². The van der Waals surface area contributed by atoms with Crippen LogP contribution in [0.3, 0.4) is 0 Å². The number of thioether (sulfide) groups is 1. The summed E-state index contributed by atoms with van der Waals surface area (Å²) in [5.41, 5.74) is 1.39. The van der Waals surface area contributed by atoms with Crippen LogP contribution in [0.4, 0.5) is 4.79 Å². The fraction of sp³-hybridized carbons (Fsp3) is 0.350. The van der Waals surface area contributed by atoms with E-state index in [4.69, 9.17) is 9.47 Å². The Bertz CT molecular complexity index is 1020. The lowest BCUT2D eigenvalue weighted by molar-refractivity contribution is -0.113. The fourth-order valence-corrected chi connectivity index (χ4v) is 3.17. The van der Waals surface area contributed by atoms with Gasteiger partial charge in [-0.2, -0.15) is 4.99 Å². The molecule has 0 unspecified atom stereocenters. The van der Waals surface area contributed by atoms with Crippen LogP contribution in [0.25, 0.3) is 17.1 Å². The largest absolute Gasteiger partial charge is 0.489 e. The van der Waals surface area contributed by atoms with Crippen LogP contribution < -0.4 is 10.1 Å². The zero-order valence-electron chi connectivity index (χ0n) is 16.8. The molecule has 0 saturated heterocycles. The Morgan fingerprint density at radius 3 is 2.69 bits per heavy atom. The number of pyridine rings is 2. The van der Waals surface area contributed by atoms with Gasteiger partial charge in [-0.25, -0.2) is 9.78 Å². The van der Waals surface area contributed by atoms with Crippen molar-refractivity contribution >= 4 is 46.1 Å². The van der Waals surface area contributed by atoms with Crippen LogP contribution in [0.2, 0.25) is 0 Å². The van der Waals surface area contributed by atoms with Crippen LogP contribution >= 0.6 is 11.8 Å². The topological polar surface area (TPSA) is 103 Å². The van der Waals surface area contributed by atoms with Crippen molar-refractivity contribution in [2.24, 2.45) is 4.99 Å². The minimum atomic E-state index is -0.664. The number of carbonyl (C=O) groups is 2. The summed E-state index contributed by atoms with van der Waals surface area (Å²) in [6.07, 6.45) is 2.59. The predicted octanol–water partition coefficient (Wildman–Crippen LogP) is 3.91. The van der Waals surface area contributed by atoms with Gasteiger partial charge in [0, 0.05) is 17.8 Å². The number of aromatic nitrogens is 2. The smallest absolute Gasteiger partial charge is 0.414 e. The molecule has 0 fully saturated rings. The molecule has 0 radical (unpaired) electrons. The van der Waals surface area contributed by atoms with Gasteiger partial charge in [0.1, 0.15) is 11.3 Å². The molecule has 1 aliphatic heterocycles. The summed E-state index contributed by atoms with van der Waals surface area (Å²) in [6.45, 7) is 9.34. The molecule has 1 aliphatic rings.